The van der Waals surface area contributed by atoms with Crippen LogP contribution in [-0.4, -0.2) is 7.11 Å². The van der Waals surface area contributed by atoms with E-state index in [1.165, 1.54) is 5.56 Å². The van der Waals surface area contributed by atoms with Gasteiger partial charge in [0.15, 0.2) is 0 Å². The molecule has 0 spiro atoms. The zero-order valence-corrected chi connectivity index (χ0v) is 12.2. The summed E-state index contributed by atoms with van der Waals surface area (Å²) in [4.78, 5) is 0. The molecule has 1 heterocycles. The summed E-state index contributed by atoms with van der Waals surface area (Å²) < 4.78 is 10.9. The minimum absolute atomic E-state index is 0.348. The number of halogens is 1. The summed E-state index contributed by atoms with van der Waals surface area (Å²) in [5.74, 6) is 1.98. The van der Waals surface area contributed by atoms with E-state index in [1.54, 1.807) is 13.4 Å². The second-order valence-corrected chi connectivity index (χ2v) is 5.52. The van der Waals surface area contributed by atoms with Crippen molar-refractivity contribution < 1.29 is 9.15 Å². The van der Waals surface area contributed by atoms with Crippen molar-refractivity contribution in [1.29, 1.82) is 0 Å². The average molecular weight is 292 g/mol. The van der Waals surface area contributed by atoms with Crippen LogP contribution in [0.25, 0.3) is 0 Å². The first-order chi connectivity index (χ1) is 9.78. The van der Waals surface area contributed by atoms with Crippen molar-refractivity contribution in [3.63, 3.8) is 0 Å². The highest BCUT2D eigenvalue weighted by atomic mass is 35.5. The predicted molar refractivity (Wildman–Crippen MR) is 79.2 cm³/mol. The van der Waals surface area contributed by atoms with Crippen LogP contribution >= 0.6 is 11.6 Å². The Balaban J connectivity index is 1.73. The van der Waals surface area contributed by atoms with Gasteiger partial charge in [0, 0.05) is 35.2 Å². The number of hydrogen-bond acceptors (Lipinski definition) is 3. The fraction of sp³-hybridized carbons (Fsp3) is 0.375. The lowest BCUT2D eigenvalue weighted by molar-refractivity contribution is 0.393. The molecule has 20 heavy (non-hydrogen) atoms. The molecular weight excluding hydrogens is 274 g/mol. The maximum Gasteiger partial charge on any atom is 0.123 e. The monoisotopic (exact) mass is 291 g/mol. The molecule has 0 saturated heterocycles. The number of rotatable bonds is 4. The Morgan fingerprint density at radius 1 is 1.40 bits per heavy atom. The molecule has 1 aromatic heterocycles. The zero-order chi connectivity index (χ0) is 13.9. The van der Waals surface area contributed by atoms with E-state index in [0.717, 1.165) is 47.9 Å². The molecule has 0 aliphatic heterocycles. The molecule has 3 rings (SSSR count). The van der Waals surface area contributed by atoms with Gasteiger partial charge in [-0.15, -0.1) is 0 Å². The molecule has 2 aromatic rings. The van der Waals surface area contributed by atoms with Crippen LogP contribution in [0.4, 0.5) is 0 Å². The average Bonchev–Trinajstić information content (AvgIpc) is 2.94. The summed E-state index contributed by atoms with van der Waals surface area (Å²) in [6, 6.07) is 8.12. The molecule has 1 N–H and O–H groups in total. The van der Waals surface area contributed by atoms with Gasteiger partial charge < -0.3 is 14.5 Å². The highest BCUT2D eigenvalue weighted by molar-refractivity contribution is 6.30. The second-order valence-electron chi connectivity index (χ2n) is 5.08. The number of ether oxygens (including phenoxy) is 1. The van der Waals surface area contributed by atoms with Gasteiger partial charge >= 0.3 is 0 Å². The van der Waals surface area contributed by atoms with Gasteiger partial charge in [-0.1, -0.05) is 11.6 Å². The van der Waals surface area contributed by atoms with E-state index in [4.69, 9.17) is 20.8 Å². The van der Waals surface area contributed by atoms with E-state index in [2.05, 4.69) is 11.4 Å². The highest BCUT2D eigenvalue weighted by Crippen LogP contribution is 2.31. The number of hydrogen-bond donors (Lipinski definition) is 1. The van der Waals surface area contributed by atoms with Crippen molar-refractivity contribution in [2.24, 2.45) is 0 Å². The van der Waals surface area contributed by atoms with Crippen LogP contribution in [0.15, 0.2) is 34.9 Å². The topological polar surface area (TPSA) is 34.4 Å². The van der Waals surface area contributed by atoms with Gasteiger partial charge in [-0.2, -0.15) is 0 Å². The summed E-state index contributed by atoms with van der Waals surface area (Å²) in [6.07, 6.45) is 5.12. The highest BCUT2D eigenvalue weighted by Gasteiger charge is 2.22. The third kappa shape index (κ3) is 2.69. The summed E-state index contributed by atoms with van der Waals surface area (Å²) in [5.41, 5.74) is 2.37. The van der Waals surface area contributed by atoms with E-state index in [1.807, 2.05) is 18.2 Å². The first kappa shape index (κ1) is 13.5. The van der Waals surface area contributed by atoms with Crippen LogP contribution in [0.1, 0.15) is 35.8 Å². The SMILES string of the molecule is COc1ccc(Cl)cc1CNC1CCCc2occc21. The Bertz CT molecular complexity index is 594. The van der Waals surface area contributed by atoms with E-state index < -0.39 is 0 Å². The molecule has 4 heteroatoms. The summed E-state index contributed by atoms with van der Waals surface area (Å²) in [5, 5.41) is 4.32. The molecule has 3 nitrogen and oxygen atoms in total. The predicted octanol–water partition coefficient (Wildman–Crippen LogP) is 4.11. The van der Waals surface area contributed by atoms with Crippen LogP contribution in [-0.2, 0) is 13.0 Å². The van der Waals surface area contributed by atoms with Crippen LogP contribution in [0.5, 0.6) is 5.75 Å². The molecule has 0 bridgehead atoms. The van der Waals surface area contributed by atoms with Gasteiger partial charge in [-0.3, -0.25) is 0 Å². The molecule has 0 amide bonds. The van der Waals surface area contributed by atoms with Gasteiger partial charge in [0.2, 0.25) is 0 Å². The van der Waals surface area contributed by atoms with Crippen molar-refractivity contribution >= 4 is 11.6 Å². The quantitative estimate of drug-likeness (QED) is 0.920. The molecular formula is C16H18ClNO2. The van der Waals surface area contributed by atoms with Gasteiger partial charge in [0.25, 0.3) is 0 Å². The number of methoxy groups -OCH3 is 1. The Morgan fingerprint density at radius 2 is 2.30 bits per heavy atom. The molecule has 0 fully saturated rings. The van der Waals surface area contributed by atoms with Crippen LogP contribution in [0.2, 0.25) is 5.02 Å². The van der Waals surface area contributed by atoms with Gasteiger partial charge in [-0.25, -0.2) is 0 Å². The molecule has 1 unspecified atom stereocenters. The Kier molecular flexibility index (Phi) is 3.99. The van der Waals surface area contributed by atoms with Crippen LogP contribution in [0, 0.1) is 0 Å². The van der Waals surface area contributed by atoms with E-state index >= 15 is 0 Å². The summed E-state index contributed by atoms with van der Waals surface area (Å²) in [6.45, 7) is 0.735. The minimum atomic E-state index is 0.348. The molecule has 1 aliphatic rings. The summed E-state index contributed by atoms with van der Waals surface area (Å²) in [7, 11) is 1.68. The Hall–Kier alpha value is -1.45. The van der Waals surface area contributed by atoms with Crippen molar-refractivity contribution in [1.82, 2.24) is 5.32 Å². The normalized spacial score (nSPS) is 17.8. The number of furan rings is 1. The lowest BCUT2D eigenvalue weighted by Gasteiger charge is -2.23. The van der Waals surface area contributed by atoms with E-state index in [0.29, 0.717) is 6.04 Å². The van der Waals surface area contributed by atoms with Gasteiger partial charge in [0.05, 0.1) is 13.4 Å². The summed E-state index contributed by atoms with van der Waals surface area (Å²) >= 11 is 6.06. The van der Waals surface area contributed by atoms with Crippen LogP contribution in [0.3, 0.4) is 0 Å². The smallest absolute Gasteiger partial charge is 0.123 e. The lowest BCUT2D eigenvalue weighted by atomic mass is 9.93. The number of fused-ring (bicyclic) bond motifs is 1. The van der Waals surface area contributed by atoms with Crippen molar-refractivity contribution in [3.05, 3.63) is 52.4 Å². The molecule has 0 saturated carbocycles. The molecule has 106 valence electrons. The number of benzene rings is 1. The maximum atomic E-state index is 6.06. The second kappa shape index (κ2) is 5.90. The fourth-order valence-electron chi connectivity index (χ4n) is 2.82. The molecule has 1 aromatic carbocycles. The fourth-order valence-corrected chi connectivity index (χ4v) is 3.01. The van der Waals surface area contributed by atoms with E-state index in [-0.39, 0.29) is 0 Å². The first-order valence-electron chi connectivity index (χ1n) is 6.90. The van der Waals surface area contributed by atoms with Gasteiger partial charge in [-0.05, 0) is 37.1 Å². The number of nitrogens with one attached hydrogen (secondary N) is 1. The Labute approximate surface area is 123 Å². The Morgan fingerprint density at radius 3 is 3.15 bits per heavy atom. The minimum Gasteiger partial charge on any atom is -0.496 e. The molecule has 0 radical (unpaired) electrons. The van der Waals surface area contributed by atoms with Gasteiger partial charge in [0.1, 0.15) is 11.5 Å². The third-order valence-corrected chi connectivity index (χ3v) is 4.07. The van der Waals surface area contributed by atoms with Crippen molar-refractivity contribution in [3.8, 4) is 5.75 Å². The van der Waals surface area contributed by atoms with Crippen LogP contribution < -0.4 is 10.1 Å². The molecule has 1 atom stereocenters. The van der Waals surface area contributed by atoms with Crippen molar-refractivity contribution in [2.45, 2.75) is 31.8 Å². The zero-order valence-electron chi connectivity index (χ0n) is 11.5. The van der Waals surface area contributed by atoms with E-state index in [9.17, 15) is 0 Å². The largest absolute Gasteiger partial charge is 0.496 e. The first-order valence-corrected chi connectivity index (χ1v) is 7.28. The molecule has 1 aliphatic carbocycles. The van der Waals surface area contributed by atoms with Crippen molar-refractivity contribution in [2.75, 3.05) is 7.11 Å². The maximum absolute atomic E-state index is 6.06. The lowest BCUT2D eigenvalue weighted by Crippen LogP contribution is -2.24. The third-order valence-electron chi connectivity index (χ3n) is 3.83. The standard InChI is InChI=1S/C16H18ClNO2/c1-19-15-6-5-12(17)9-11(15)10-18-14-3-2-4-16-13(14)7-8-20-16/h5-9,14,18H,2-4,10H2,1H3. The number of aryl methyl sites for hydroxylation is 1.